The van der Waals surface area contributed by atoms with Gasteiger partial charge in [-0.15, -0.1) is 0 Å². The Balaban J connectivity index is 1.26. The minimum Gasteiger partial charge on any atom is -0.454 e. The Bertz CT molecular complexity index is 1670. The van der Waals surface area contributed by atoms with Crippen LogP contribution in [0.15, 0.2) is 96.1 Å². The van der Waals surface area contributed by atoms with Crippen molar-refractivity contribution in [2.24, 2.45) is 5.10 Å². The molecule has 0 fully saturated rings. The number of nitrogens with zero attached hydrogens (tertiary/aromatic N) is 2. The molecule has 0 aromatic heterocycles. The van der Waals surface area contributed by atoms with Gasteiger partial charge in [-0.3, -0.25) is 19.7 Å². The number of hydrazone groups is 1. The topological polar surface area (TPSA) is 158 Å². The molecule has 1 heterocycles. The first kappa shape index (κ1) is 26.6. The molecule has 4 aromatic rings. The van der Waals surface area contributed by atoms with E-state index in [1.807, 2.05) is 0 Å². The number of rotatable bonds is 8. The van der Waals surface area contributed by atoms with Gasteiger partial charge in [-0.2, -0.15) is 5.10 Å². The second kappa shape index (κ2) is 11.8. The molecule has 0 saturated heterocycles. The minimum atomic E-state index is -0.740. The van der Waals surface area contributed by atoms with E-state index in [2.05, 4.69) is 15.8 Å². The van der Waals surface area contributed by atoms with Gasteiger partial charge in [0.05, 0.1) is 16.7 Å². The molecule has 0 spiro atoms. The van der Waals surface area contributed by atoms with Gasteiger partial charge < -0.3 is 19.5 Å². The summed E-state index contributed by atoms with van der Waals surface area (Å²) < 4.78 is 16.0. The standard InChI is InChI=1S/C29H20N4O8/c34-27(18-4-2-1-3-5-18)31-22-9-6-19(7-10-22)28(35)32-30-16-21-14-23(33(37)38)11-13-24(21)41-29(36)20-8-12-25-26(15-20)40-17-39-25/h1-16H,17H2,(H,31,34)(H,32,35)/b30-16+. The molecule has 12 heteroatoms. The van der Waals surface area contributed by atoms with Gasteiger partial charge in [0, 0.05) is 34.5 Å². The Hall–Kier alpha value is -6.04. The number of nitrogens with one attached hydrogen (secondary N) is 2. The number of fused-ring (bicyclic) bond motifs is 1. The molecule has 0 unspecified atom stereocenters. The number of nitro groups is 1. The van der Waals surface area contributed by atoms with Gasteiger partial charge in [0.1, 0.15) is 5.75 Å². The normalized spacial score (nSPS) is 11.6. The largest absolute Gasteiger partial charge is 0.454 e. The first-order valence-corrected chi connectivity index (χ1v) is 12.1. The summed E-state index contributed by atoms with van der Waals surface area (Å²) in [4.78, 5) is 48.3. The maximum Gasteiger partial charge on any atom is 0.343 e. The van der Waals surface area contributed by atoms with E-state index in [1.165, 1.54) is 36.4 Å². The highest BCUT2D eigenvalue weighted by Crippen LogP contribution is 2.33. The number of ether oxygens (including phenoxy) is 3. The van der Waals surface area contributed by atoms with Crippen molar-refractivity contribution in [1.82, 2.24) is 5.43 Å². The number of hydrogen-bond donors (Lipinski definition) is 2. The molecule has 2 N–H and O–H groups in total. The Morgan fingerprint density at radius 3 is 2.29 bits per heavy atom. The van der Waals surface area contributed by atoms with Crippen LogP contribution in [0.25, 0.3) is 0 Å². The van der Waals surface area contributed by atoms with Gasteiger partial charge in [-0.25, -0.2) is 10.2 Å². The van der Waals surface area contributed by atoms with Crippen molar-refractivity contribution in [3.8, 4) is 17.2 Å². The average molecular weight is 552 g/mol. The van der Waals surface area contributed by atoms with Crippen molar-refractivity contribution in [2.45, 2.75) is 0 Å². The molecule has 0 radical (unpaired) electrons. The Morgan fingerprint density at radius 1 is 0.829 bits per heavy atom. The molecule has 12 nitrogen and oxygen atoms in total. The predicted molar refractivity (Wildman–Crippen MR) is 147 cm³/mol. The lowest BCUT2D eigenvalue weighted by Crippen LogP contribution is -2.18. The molecule has 1 aliphatic heterocycles. The molecule has 41 heavy (non-hydrogen) atoms. The number of anilines is 1. The average Bonchev–Trinajstić information content (AvgIpc) is 3.46. The summed E-state index contributed by atoms with van der Waals surface area (Å²) in [6.45, 7) is 0.0392. The summed E-state index contributed by atoms with van der Waals surface area (Å²) in [5, 5.41) is 17.9. The van der Waals surface area contributed by atoms with E-state index in [4.69, 9.17) is 14.2 Å². The zero-order valence-electron chi connectivity index (χ0n) is 21.1. The lowest BCUT2D eigenvalue weighted by atomic mass is 10.1. The highest BCUT2D eigenvalue weighted by Gasteiger charge is 2.19. The van der Waals surface area contributed by atoms with Crippen molar-refractivity contribution >= 4 is 35.4 Å². The van der Waals surface area contributed by atoms with Gasteiger partial charge in [0.2, 0.25) is 6.79 Å². The van der Waals surface area contributed by atoms with Gasteiger partial charge >= 0.3 is 5.97 Å². The zero-order chi connectivity index (χ0) is 28.8. The predicted octanol–water partition coefficient (Wildman–Crippen LogP) is 4.56. The van der Waals surface area contributed by atoms with E-state index in [9.17, 15) is 24.5 Å². The van der Waals surface area contributed by atoms with E-state index >= 15 is 0 Å². The lowest BCUT2D eigenvalue weighted by molar-refractivity contribution is -0.384. The number of carbonyl (C=O) groups is 3. The fraction of sp³-hybridized carbons (Fsp3) is 0.0345. The van der Waals surface area contributed by atoms with E-state index < -0.39 is 16.8 Å². The summed E-state index contributed by atoms with van der Waals surface area (Å²) in [7, 11) is 0. The monoisotopic (exact) mass is 552 g/mol. The first-order valence-electron chi connectivity index (χ1n) is 12.1. The van der Waals surface area contributed by atoms with Crippen LogP contribution in [0.1, 0.15) is 36.6 Å². The summed E-state index contributed by atoms with van der Waals surface area (Å²) in [5.74, 6) is -0.748. The highest BCUT2D eigenvalue weighted by atomic mass is 16.7. The van der Waals surface area contributed by atoms with Crippen LogP contribution in [0.4, 0.5) is 11.4 Å². The maximum atomic E-state index is 12.7. The Kier molecular flexibility index (Phi) is 7.63. The second-order valence-electron chi connectivity index (χ2n) is 8.53. The number of benzene rings is 4. The maximum absolute atomic E-state index is 12.7. The molecule has 0 bridgehead atoms. The quantitative estimate of drug-likeness (QED) is 0.106. The molecule has 1 aliphatic rings. The number of amides is 2. The van der Waals surface area contributed by atoms with Crippen molar-refractivity contribution in [3.63, 3.8) is 0 Å². The third-order valence-electron chi connectivity index (χ3n) is 5.83. The summed E-state index contributed by atoms with van der Waals surface area (Å²) in [6, 6.07) is 22.9. The van der Waals surface area contributed by atoms with Crippen LogP contribution in [0.3, 0.4) is 0 Å². The van der Waals surface area contributed by atoms with Crippen LogP contribution in [-0.4, -0.2) is 35.7 Å². The van der Waals surface area contributed by atoms with Crippen LogP contribution in [0.5, 0.6) is 17.2 Å². The molecule has 0 aliphatic carbocycles. The van der Waals surface area contributed by atoms with Crippen molar-refractivity contribution < 1.29 is 33.5 Å². The van der Waals surface area contributed by atoms with Crippen LogP contribution in [0.2, 0.25) is 0 Å². The molecule has 2 amide bonds. The first-order chi connectivity index (χ1) is 19.9. The molecular formula is C29H20N4O8. The molecule has 0 atom stereocenters. The summed E-state index contributed by atoms with van der Waals surface area (Å²) >= 11 is 0. The third-order valence-corrected chi connectivity index (χ3v) is 5.83. The number of non-ortho nitro benzene ring substituents is 1. The van der Waals surface area contributed by atoms with Crippen molar-refractivity contribution in [2.75, 3.05) is 12.1 Å². The lowest BCUT2D eigenvalue weighted by Gasteiger charge is -2.08. The molecule has 204 valence electrons. The third kappa shape index (κ3) is 6.34. The van der Waals surface area contributed by atoms with Gasteiger partial charge in [-0.1, -0.05) is 18.2 Å². The van der Waals surface area contributed by atoms with Crippen LogP contribution < -0.4 is 25.0 Å². The molecule has 4 aromatic carbocycles. The van der Waals surface area contributed by atoms with Crippen LogP contribution in [0, 0.1) is 10.1 Å². The second-order valence-corrected chi connectivity index (χ2v) is 8.53. The Morgan fingerprint density at radius 2 is 1.54 bits per heavy atom. The van der Waals surface area contributed by atoms with Crippen LogP contribution in [-0.2, 0) is 0 Å². The number of hydrogen-bond acceptors (Lipinski definition) is 9. The van der Waals surface area contributed by atoms with E-state index in [0.29, 0.717) is 22.7 Å². The van der Waals surface area contributed by atoms with Gasteiger partial charge in [0.15, 0.2) is 11.5 Å². The highest BCUT2D eigenvalue weighted by molar-refractivity contribution is 6.04. The molecule has 5 rings (SSSR count). The summed E-state index contributed by atoms with van der Waals surface area (Å²) in [6.07, 6.45) is 1.13. The fourth-order valence-electron chi connectivity index (χ4n) is 3.75. The van der Waals surface area contributed by atoms with Gasteiger partial charge in [-0.05, 0) is 60.7 Å². The number of nitro benzene ring substituents is 1. The number of esters is 1. The van der Waals surface area contributed by atoms with E-state index in [0.717, 1.165) is 12.3 Å². The van der Waals surface area contributed by atoms with Gasteiger partial charge in [0.25, 0.3) is 17.5 Å². The Labute approximate surface area is 232 Å². The van der Waals surface area contributed by atoms with Crippen LogP contribution >= 0.6 is 0 Å². The fourth-order valence-corrected chi connectivity index (χ4v) is 3.75. The smallest absolute Gasteiger partial charge is 0.343 e. The SMILES string of the molecule is O=C(N/N=C/c1cc([N+](=O)[O-])ccc1OC(=O)c1ccc2c(c1)OCO2)c1ccc(NC(=O)c2ccccc2)cc1. The van der Waals surface area contributed by atoms with Crippen molar-refractivity contribution in [1.29, 1.82) is 0 Å². The molecule has 0 saturated carbocycles. The van der Waals surface area contributed by atoms with Crippen molar-refractivity contribution in [3.05, 3.63) is 123 Å². The van der Waals surface area contributed by atoms with E-state index in [1.54, 1.807) is 48.5 Å². The minimum absolute atomic E-state index is 0.0187. The number of carbonyl (C=O) groups excluding carboxylic acids is 3. The zero-order valence-corrected chi connectivity index (χ0v) is 21.1. The molecular weight excluding hydrogens is 532 g/mol. The van der Waals surface area contributed by atoms with E-state index in [-0.39, 0.29) is 40.8 Å². The summed E-state index contributed by atoms with van der Waals surface area (Å²) in [5.41, 5.74) is 3.53.